The van der Waals surface area contributed by atoms with Gasteiger partial charge in [-0.2, -0.15) is 0 Å². The Balaban J connectivity index is 2.06. The van der Waals surface area contributed by atoms with Gasteiger partial charge in [0.15, 0.2) is 11.5 Å². The van der Waals surface area contributed by atoms with Crippen molar-refractivity contribution in [2.24, 2.45) is 0 Å². The highest BCUT2D eigenvalue weighted by Crippen LogP contribution is 2.37. The van der Waals surface area contributed by atoms with Crippen molar-refractivity contribution in [1.29, 1.82) is 0 Å². The maximum Gasteiger partial charge on any atom is 0.231 e. The first-order valence-corrected chi connectivity index (χ1v) is 6.19. The van der Waals surface area contributed by atoms with Crippen molar-refractivity contribution in [3.63, 3.8) is 0 Å². The van der Waals surface area contributed by atoms with E-state index in [1.807, 2.05) is 11.4 Å². The molecule has 0 saturated heterocycles. The normalized spacial score (nSPS) is 12.8. The van der Waals surface area contributed by atoms with E-state index in [2.05, 4.69) is 0 Å². The Morgan fingerprint density at radius 1 is 1.29 bits per heavy atom. The number of rotatable bonds is 2. The summed E-state index contributed by atoms with van der Waals surface area (Å²) in [4.78, 5) is 12.8. The van der Waals surface area contributed by atoms with E-state index in [1.165, 1.54) is 11.3 Å². The van der Waals surface area contributed by atoms with Gasteiger partial charge in [0.05, 0.1) is 9.90 Å². The zero-order valence-corrected chi connectivity index (χ0v) is 10.2. The Bertz CT molecular complexity index is 578. The molecule has 2 heterocycles. The van der Waals surface area contributed by atoms with Crippen LogP contribution in [-0.2, 0) is 0 Å². The van der Waals surface area contributed by atoms with E-state index in [0.717, 1.165) is 0 Å². The van der Waals surface area contributed by atoms with E-state index in [1.54, 1.807) is 18.2 Å². The number of benzene rings is 1. The van der Waals surface area contributed by atoms with Crippen LogP contribution in [0.25, 0.3) is 0 Å². The highest BCUT2D eigenvalue weighted by molar-refractivity contribution is 7.12. The van der Waals surface area contributed by atoms with E-state index in [0.29, 0.717) is 27.0 Å². The quantitative estimate of drug-likeness (QED) is 0.782. The van der Waals surface area contributed by atoms with Gasteiger partial charge in [-0.1, -0.05) is 17.7 Å². The molecule has 3 nitrogen and oxygen atoms in total. The van der Waals surface area contributed by atoms with Crippen LogP contribution in [0.2, 0.25) is 5.02 Å². The highest BCUT2D eigenvalue weighted by atomic mass is 35.5. The molecular formula is C12H7ClO3S. The van der Waals surface area contributed by atoms with Gasteiger partial charge >= 0.3 is 0 Å². The molecule has 0 spiro atoms. The maximum atomic E-state index is 12.2. The zero-order chi connectivity index (χ0) is 11.8. The Morgan fingerprint density at radius 2 is 2.06 bits per heavy atom. The Hall–Kier alpha value is -1.52. The molecular weight excluding hydrogens is 260 g/mol. The van der Waals surface area contributed by atoms with Gasteiger partial charge in [0.25, 0.3) is 0 Å². The first-order chi connectivity index (χ1) is 8.25. The highest BCUT2D eigenvalue weighted by Gasteiger charge is 2.21. The molecule has 0 N–H and O–H groups in total. The maximum absolute atomic E-state index is 12.2. The number of ketones is 1. The van der Waals surface area contributed by atoms with Gasteiger partial charge in [0, 0.05) is 11.6 Å². The van der Waals surface area contributed by atoms with Crippen molar-refractivity contribution in [3.05, 3.63) is 45.1 Å². The molecule has 2 aromatic rings. The predicted octanol–water partition coefficient (Wildman–Crippen LogP) is 3.36. The fraction of sp³-hybridized carbons (Fsp3) is 0.0833. The van der Waals surface area contributed by atoms with Crippen LogP contribution in [0.3, 0.4) is 0 Å². The minimum absolute atomic E-state index is 0.0942. The molecule has 5 heteroatoms. The number of carbonyl (C=O) groups excluding carboxylic acids is 1. The molecule has 0 saturated carbocycles. The Labute approximate surface area is 107 Å². The lowest BCUT2D eigenvalue weighted by atomic mass is 10.1. The van der Waals surface area contributed by atoms with Gasteiger partial charge in [0.2, 0.25) is 12.6 Å². The molecule has 0 bridgehead atoms. The van der Waals surface area contributed by atoms with Crippen LogP contribution in [-0.4, -0.2) is 12.6 Å². The van der Waals surface area contributed by atoms with Crippen LogP contribution in [0.4, 0.5) is 0 Å². The lowest BCUT2D eigenvalue weighted by Crippen LogP contribution is -1.99. The van der Waals surface area contributed by atoms with Gasteiger partial charge in [0.1, 0.15) is 0 Å². The largest absolute Gasteiger partial charge is 0.454 e. The van der Waals surface area contributed by atoms with Crippen LogP contribution in [0.15, 0.2) is 29.6 Å². The number of thiophene rings is 1. The van der Waals surface area contributed by atoms with Gasteiger partial charge in [-0.25, -0.2) is 0 Å². The third-order valence-corrected chi connectivity index (χ3v) is 3.63. The number of halogens is 1. The van der Waals surface area contributed by atoms with E-state index < -0.39 is 0 Å². The molecule has 1 aliphatic heterocycles. The third kappa shape index (κ3) is 1.79. The van der Waals surface area contributed by atoms with Crippen LogP contribution in [0.1, 0.15) is 15.2 Å². The number of carbonyl (C=O) groups is 1. The smallest absolute Gasteiger partial charge is 0.231 e. The van der Waals surface area contributed by atoms with Crippen molar-refractivity contribution >= 4 is 28.7 Å². The van der Waals surface area contributed by atoms with Crippen molar-refractivity contribution in [3.8, 4) is 11.5 Å². The molecule has 0 radical (unpaired) electrons. The minimum Gasteiger partial charge on any atom is -0.454 e. The van der Waals surface area contributed by atoms with E-state index in [4.69, 9.17) is 21.1 Å². The summed E-state index contributed by atoms with van der Waals surface area (Å²) in [5.41, 5.74) is 0.443. The lowest BCUT2D eigenvalue weighted by molar-refractivity contribution is 0.104. The fourth-order valence-electron chi connectivity index (χ4n) is 1.63. The summed E-state index contributed by atoms with van der Waals surface area (Å²) in [6.07, 6.45) is 0. The van der Waals surface area contributed by atoms with Gasteiger partial charge in [-0.15, -0.1) is 11.3 Å². The molecule has 0 atom stereocenters. The molecule has 17 heavy (non-hydrogen) atoms. The Morgan fingerprint density at radius 3 is 2.76 bits per heavy atom. The summed E-state index contributed by atoms with van der Waals surface area (Å²) in [7, 11) is 0. The molecule has 0 fully saturated rings. The number of hydrogen-bond donors (Lipinski definition) is 0. The fourth-order valence-corrected chi connectivity index (χ4v) is 2.55. The first-order valence-electron chi connectivity index (χ1n) is 4.93. The molecule has 1 aromatic carbocycles. The van der Waals surface area contributed by atoms with Crippen molar-refractivity contribution in [1.82, 2.24) is 0 Å². The van der Waals surface area contributed by atoms with Crippen LogP contribution in [0.5, 0.6) is 11.5 Å². The second-order valence-corrected chi connectivity index (χ2v) is 4.85. The molecule has 1 aromatic heterocycles. The summed E-state index contributed by atoms with van der Waals surface area (Å²) in [5, 5.41) is 2.24. The summed E-state index contributed by atoms with van der Waals surface area (Å²) in [6, 6.07) is 6.85. The standard InChI is InChI=1S/C12H7ClO3S/c13-8-5-10-9(15-6-16-10)4-7(8)12(14)11-2-1-3-17-11/h1-5H,6H2. The van der Waals surface area contributed by atoms with E-state index in [-0.39, 0.29) is 12.6 Å². The summed E-state index contributed by atoms with van der Waals surface area (Å²) < 4.78 is 10.4. The second-order valence-electron chi connectivity index (χ2n) is 3.49. The average Bonchev–Trinajstić information content (AvgIpc) is 2.97. The van der Waals surface area contributed by atoms with E-state index in [9.17, 15) is 4.79 Å². The van der Waals surface area contributed by atoms with Crippen molar-refractivity contribution in [2.45, 2.75) is 0 Å². The molecule has 0 unspecified atom stereocenters. The van der Waals surface area contributed by atoms with Crippen LogP contribution < -0.4 is 9.47 Å². The monoisotopic (exact) mass is 266 g/mol. The summed E-state index contributed by atoms with van der Waals surface area (Å²) in [5.74, 6) is 1.05. The zero-order valence-electron chi connectivity index (χ0n) is 8.60. The van der Waals surface area contributed by atoms with E-state index >= 15 is 0 Å². The topological polar surface area (TPSA) is 35.5 Å². The first kappa shape index (κ1) is 10.6. The lowest BCUT2D eigenvalue weighted by Gasteiger charge is -2.03. The summed E-state index contributed by atoms with van der Waals surface area (Å²) >= 11 is 7.46. The second kappa shape index (κ2) is 4.05. The van der Waals surface area contributed by atoms with Crippen molar-refractivity contribution < 1.29 is 14.3 Å². The number of ether oxygens (including phenoxy) is 2. The SMILES string of the molecule is O=C(c1cccs1)c1cc2c(cc1Cl)OCO2. The molecule has 0 amide bonds. The summed E-state index contributed by atoms with van der Waals surface area (Å²) in [6.45, 7) is 0.169. The van der Waals surface area contributed by atoms with Crippen molar-refractivity contribution in [2.75, 3.05) is 6.79 Å². The van der Waals surface area contributed by atoms with Crippen LogP contribution >= 0.6 is 22.9 Å². The predicted molar refractivity (Wildman–Crippen MR) is 65.3 cm³/mol. The Kier molecular flexibility index (Phi) is 2.53. The average molecular weight is 267 g/mol. The van der Waals surface area contributed by atoms with Gasteiger partial charge in [-0.3, -0.25) is 4.79 Å². The van der Waals surface area contributed by atoms with Gasteiger partial charge < -0.3 is 9.47 Å². The molecule has 86 valence electrons. The van der Waals surface area contributed by atoms with Gasteiger partial charge in [-0.05, 0) is 17.5 Å². The molecule has 1 aliphatic rings. The number of hydrogen-bond acceptors (Lipinski definition) is 4. The number of fused-ring (bicyclic) bond motifs is 1. The third-order valence-electron chi connectivity index (χ3n) is 2.45. The van der Waals surface area contributed by atoms with Crippen LogP contribution in [0, 0.1) is 0 Å². The molecule has 3 rings (SSSR count). The minimum atomic E-state index is -0.0942. The molecule has 0 aliphatic carbocycles.